The van der Waals surface area contributed by atoms with Crippen LogP contribution in [0, 0.1) is 12.3 Å². The van der Waals surface area contributed by atoms with Crippen LogP contribution in [0.2, 0.25) is 0 Å². The van der Waals surface area contributed by atoms with Gasteiger partial charge in [0.25, 0.3) is 10.0 Å². The number of rotatable bonds is 7. The van der Waals surface area contributed by atoms with Crippen LogP contribution >= 0.6 is 0 Å². The van der Waals surface area contributed by atoms with Crippen molar-refractivity contribution >= 4 is 27.6 Å². The number of aryl methyl sites for hydroxylation is 1. The van der Waals surface area contributed by atoms with Gasteiger partial charge < -0.3 is 9.47 Å². The summed E-state index contributed by atoms with van der Waals surface area (Å²) >= 11 is 0. The Balaban J connectivity index is 2.01. The van der Waals surface area contributed by atoms with Crippen molar-refractivity contribution in [3.63, 3.8) is 0 Å². The number of para-hydroxylation sites is 1. The van der Waals surface area contributed by atoms with Gasteiger partial charge in [-0.3, -0.25) is 13.9 Å². The van der Waals surface area contributed by atoms with Crippen LogP contribution < -0.4 is 4.31 Å². The summed E-state index contributed by atoms with van der Waals surface area (Å²) < 4.78 is 39.7. The van der Waals surface area contributed by atoms with E-state index in [0.29, 0.717) is 11.1 Å². The maximum absolute atomic E-state index is 14.2. The van der Waals surface area contributed by atoms with Gasteiger partial charge in [-0.15, -0.1) is 0 Å². The lowest BCUT2D eigenvalue weighted by atomic mass is 9.51. The maximum atomic E-state index is 14.2. The molecule has 0 radical (unpaired) electrons. The lowest BCUT2D eigenvalue weighted by molar-refractivity contribution is -0.176. The lowest BCUT2D eigenvalue weighted by Gasteiger charge is -2.56. The van der Waals surface area contributed by atoms with Crippen LogP contribution in [0.4, 0.5) is 5.69 Å². The van der Waals surface area contributed by atoms with Crippen LogP contribution in [0.15, 0.2) is 102 Å². The van der Waals surface area contributed by atoms with E-state index in [0.717, 1.165) is 24.1 Å². The van der Waals surface area contributed by atoms with Gasteiger partial charge in [-0.1, -0.05) is 72.8 Å². The molecule has 0 unspecified atom stereocenters. The number of ether oxygens (including phenoxy) is 2. The summed E-state index contributed by atoms with van der Waals surface area (Å²) in [4.78, 5) is 27.0. The van der Waals surface area contributed by atoms with Gasteiger partial charge in [0.05, 0.1) is 30.8 Å². The number of carbonyl (C=O) groups excluding carboxylic acids is 2. The molecule has 3 aromatic rings. The third-order valence-electron chi connectivity index (χ3n) is 6.61. The van der Waals surface area contributed by atoms with Crippen molar-refractivity contribution in [2.45, 2.75) is 23.8 Å². The van der Waals surface area contributed by atoms with E-state index >= 15 is 0 Å². The molecule has 4 rings (SSSR count). The standard InChI is InChI=1S/C28H27NO6S/c1-19-15-17-23(18-16-19)36(32,33)29(22-13-9-6-10-14-22)25-20(2)24(21-11-7-5-8-12-21)28(25,26(30)34-3)27(31)35-4/h5-18,24-25H,2H2,1,3-4H3/t24-,25+/m0/s1. The predicted molar refractivity (Wildman–Crippen MR) is 136 cm³/mol. The SMILES string of the molecule is C=C1[C@@H](c2ccccc2)C(C(=O)OC)(C(=O)OC)[C@@H]1N(c1ccccc1)S(=O)(=O)c1ccc(C)cc1. The van der Waals surface area contributed by atoms with Gasteiger partial charge in [0.2, 0.25) is 5.41 Å². The molecule has 2 atom stereocenters. The zero-order valence-corrected chi connectivity index (χ0v) is 21.1. The fourth-order valence-electron chi connectivity index (χ4n) is 4.97. The van der Waals surface area contributed by atoms with E-state index < -0.39 is 39.3 Å². The zero-order valence-electron chi connectivity index (χ0n) is 20.2. The van der Waals surface area contributed by atoms with Crippen molar-refractivity contribution in [1.29, 1.82) is 0 Å². The number of carbonyl (C=O) groups is 2. The first kappa shape index (κ1) is 25.2. The summed E-state index contributed by atoms with van der Waals surface area (Å²) in [6.45, 7) is 6.02. The van der Waals surface area contributed by atoms with E-state index in [9.17, 15) is 18.0 Å². The van der Waals surface area contributed by atoms with E-state index in [-0.39, 0.29) is 10.6 Å². The fraction of sp³-hybridized carbons (Fsp3) is 0.214. The quantitative estimate of drug-likeness (QED) is 0.271. The van der Waals surface area contributed by atoms with Gasteiger partial charge in [0, 0.05) is 5.92 Å². The van der Waals surface area contributed by atoms with Crippen LogP contribution in [0.1, 0.15) is 17.0 Å². The van der Waals surface area contributed by atoms with Gasteiger partial charge in [-0.25, -0.2) is 8.42 Å². The van der Waals surface area contributed by atoms with Crippen LogP contribution in [0.25, 0.3) is 0 Å². The first-order valence-electron chi connectivity index (χ1n) is 11.3. The Kier molecular flexibility index (Phi) is 6.73. The van der Waals surface area contributed by atoms with Crippen molar-refractivity contribution < 1.29 is 27.5 Å². The molecule has 8 heteroatoms. The summed E-state index contributed by atoms with van der Waals surface area (Å²) in [7, 11) is -1.94. The first-order chi connectivity index (χ1) is 17.2. The third kappa shape index (κ3) is 3.78. The summed E-state index contributed by atoms with van der Waals surface area (Å²) in [6, 6.07) is 22.3. The Morgan fingerprint density at radius 3 is 1.83 bits per heavy atom. The topological polar surface area (TPSA) is 90.0 Å². The molecular formula is C28H27NO6S. The zero-order chi connectivity index (χ0) is 26.1. The van der Waals surface area contributed by atoms with E-state index in [1.54, 1.807) is 72.8 Å². The van der Waals surface area contributed by atoms with Crippen LogP contribution in [0.5, 0.6) is 0 Å². The average Bonchev–Trinajstić information content (AvgIpc) is 2.90. The molecule has 0 spiro atoms. The van der Waals surface area contributed by atoms with Crippen LogP contribution in [-0.4, -0.2) is 40.6 Å². The lowest BCUT2D eigenvalue weighted by Crippen LogP contribution is -2.70. The summed E-state index contributed by atoms with van der Waals surface area (Å²) in [5, 5.41) is 0. The van der Waals surface area contributed by atoms with Crippen molar-refractivity contribution in [3.8, 4) is 0 Å². The van der Waals surface area contributed by atoms with E-state index in [1.807, 2.05) is 6.92 Å². The molecule has 0 aliphatic heterocycles. The minimum atomic E-state index is -4.27. The third-order valence-corrected chi connectivity index (χ3v) is 8.42. The largest absolute Gasteiger partial charge is 0.468 e. The second-order valence-corrected chi connectivity index (χ2v) is 10.4. The molecule has 3 aromatic carbocycles. The second-order valence-electron chi connectivity index (χ2n) is 8.62. The number of methoxy groups -OCH3 is 2. The summed E-state index contributed by atoms with van der Waals surface area (Å²) in [5.74, 6) is -2.66. The molecular weight excluding hydrogens is 478 g/mol. The Morgan fingerprint density at radius 1 is 0.833 bits per heavy atom. The molecule has 0 bridgehead atoms. The van der Waals surface area contributed by atoms with Gasteiger partial charge in [0.15, 0.2) is 0 Å². The number of anilines is 1. The molecule has 0 amide bonds. The summed E-state index contributed by atoms with van der Waals surface area (Å²) in [5.41, 5.74) is 0.130. The van der Waals surface area contributed by atoms with Gasteiger partial charge >= 0.3 is 11.9 Å². The van der Waals surface area contributed by atoms with Crippen molar-refractivity contribution in [1.82, 2.24) is 0 Å². The Labute approximate surface area is 211 Å². The van der Waals surface area contributed by atoms with Gasteiger partial charge in [0.1, 0.15) is 0 Å². The molecule has 1 fully saturated rings. The predicted octanol–water partition coefficient (Wildman–Crippen LogP) is 4.24. The highest BCUT2D eigenvalue weighted by Gasteiger charge is 2.73. The first-order valence-corrected chi connectivity index (χ1v) is 12.7. The number of hydrogen-bond acceptors (Lipinski definition) is 6. The smallest absolute Gasteiger partial charge is 0.326 e. The molecule has 1 saturated carbocycles. The Morgan fingerprint density at radius 2 is 1.33 bits per heavy atom. The Bertz CT molecular complexity index is 1370. The van der Waals surface area contributed by atoms with Gasteiger partial charge in [-0.05, 0) is 42.3 Å². The molecule has 0 saturated heterocycles. The molecule has 186 valence electrons. The van der Waals surface area contributed by atoms with Gasteiger partial charge in [-0.2, -0.15) is 0 Å². The van der Waals surface area contributed by atoms with Crippen LogP contribution in [-0.2, 0) is 29.1 Å². The molecule has 1 aliphatic carbocycles. The number of benzene rings is 3. The maximum Gasteiger partial charge on any atom is 0.326 e. The normalized spacial score (nSPS) is 18.6. The minimum Gasteiger partial charge on any atom is -0.468 e. The molecule has 7 nitrogen and oxygen atoms in total. The number of nitrogens with zero attached hydrogens (tertiary/aromatic N) is 1. The molecule has 0 aromatic heterocycles. The van der Waals surface area contributed by atoms with E-state index in [2.05, 4.69) is 6.58 Å². The monoisotopic (exact) mass is 505 g/mol. The average molecular weight is 506 g/mol. The molecule has 36 heavy (non-hydrogen) atoms. The number of esters is 2. The van der Waals surface area contributed by atoms with Crippen molar-refractivity contribution in [2.75, 3.05) is 18.5 Å². The minimum absolute atomic E-state index is 0.0107. The molecule has 0 N–H and O–H groups in total. The Hall–Kier alpha value is -3.91. The number of hydrogen-bond donors (Lipinski definition) is 0. The fourth-order valence-corrected chi connectivity index (χ4v) is 6.65. The molecule has 1 aliphatic rings. The second kappa shape index (κ2) is 9.62. The molecule has 0 heterocycles. The highest BCUT2D eigenvalue weighted by molar-refractivity contribution is 7.92. The number of sulfonamides is 1. The van der Waals surface area contributed by atoms with Crippen LogP contribution in [0.3, 0.4) is 0 Å². The highest BCUT2D eigenvalue weighted by Crippen LogP contribution is 2.61. The van der Waals surface area contributed by atoms with E-state index in [4.69, 9.17) is 9.47 Å². The highest BCUT2D eigenvalue weighted by atomic mass is 32.2. The van der Waals surface area contributed by atoms with Crippen molar-refractivity contribution in [2.24, 2.45) is 5.41 Å². The van der Waals surface area contributed by atoms with Crippen molar-refractivity contribution in [3.05, 3.63) is 108 Å². The van der Waals surface area contributed by atoms with E-state index in [1.165, 1.54) is 12.1 Å². The summed E-state index contributed by atoms with van der Waals surface area (Å²) in [6.07, 6.45) is 0.